The van der Waals surface area contributed by atoms with Crippen LogP contribution in [0.25, 0.3) is 11.2 Å². The van der Waals surface area contributed by atoms with Crippen molar-refractivity contribution < 1.29 is 25.2 Å². The van der Waals surface area contributed by atoms with Crippen molar-refractivity contribution >= 4 is 17.0 Å². The molecule has 0 aliphatic carbocycles. The van der Waals surface area contributed by atoms with Crippen LogP contribution in [0.1, 0.15) is 13.2 Å². The zero-order valence-electron chi connectivity index (χ0n) is 13.6. The molecule has 0 aromatic carbocycles. The molecule has 5 N–H and O–H groups in total. The van der Waals surface area contributed by atoms with Gasteiger partial charge in [0.15, 0.2) is 23.2 Å². The number of imidazole rings is 1. The number of rotatable bonds is 6. The first-order valence-corrected chi connectivity index (χ1v) is 7.87. The van der Waals surface area contributed by atoms with E-state index in [-0.39, 0.29) is 6.61 Å². The van der Waals surface area contributed by atoms with Gasteiger partial charge in [0.05, 0.1) is 19.5 Å². The van der Waals surface area contributed by atoms with Gasteiger partial charge in [0.25, 0.3) is 0 Å². The van der Waals surface area contributed by atoms with E-state index in [0.717, 1.165) is 5.57 Å². The summed E-state index contributed by atoms with van der Waals surface area (Å²) in [6.07, 6.45) is 0.443. The maximum absolute atomic E-state index is 10.2. The maximum Gasteiger partial charge on any atom is 0.167 e. The van der Waals surface area contributed by atoms with E-state index in [1.807, 2.05) is 13.0 Å². The lowest BCUT2D eigenvalue weighted by Crippen LogP contribution is -2.33. The van der Waals surface area contributed by atoms with Crippen LogP contribution in [0.5, 0.6) is 0 Å². The number of nitrogens with one attached hydrogen (secondary N) is 1. The minimum absolute atomic E-state index is 0.0131. The Hall–Kier alpha value is -2.11. The minimum Gasteiger partial charge on any atom is -0.394 e. The number of ether oxygens (including phenoxy) is 1. The number of hydrogen-bond donors (Lipinski definition) is 5. The van der Waals surface area contributed by atoms with Crippen LogP contribution in [0.4, 0.5) is 5.82 Å². The van der Waals surface area contributed by atoms with E-state index in [1.165, 1.54) is 17.2 Å². The molecule has 2 aromatic heterocycles. The van der Waals surface area contributed by atoms with Gasteiger partial charge in [-0.1, -0.05) is 11.6 Å². The van der Waals surface area contributed by atoms with Crippen molar-refractivity contribution in [2.45, 2.75) is 31.5 Å². The molecule has 10 heteroatoms. The van der Waals surface area contributed by atoms with Crippen molar-refractivity contribution in [1.82, 2.24) is 19.5 Å². The van der Waals surface area contributed by atoms with Gasteiger partial charge < -0.3 is 30.5 Å². The SMILES string of the molecule is C/C(=C\CNc1ncnc2c1ncn2[C@H]1O[C@H](CO)[C@H](O)[C@@H]1O)CO. The van der Waals surface area contributed by atoms with Gasteiger partial charge in [-0.15, -0.1) is 0 Å². The van der Waals surface area contributed by atoms with Gasteiger partial charge in [-0.05, 0) is 6.92 Å². The first-order valence-electron chi connectivity index (χ1n) is 7.87. The summed E-state index contributed by atoms with van der Waals surface area (Å²) < 4.78 is 7.01. The summed E-state index contributed by atoms with van der Waals surface area (Å²) in [4.78, 5) is 12.6. The Labute approximate surface area is 143 Å². The predicted octanol–water partition coefficient (Wildman–Crippen LogP) is -1.21. The van der Waals surface area contributed by atoms with Gasteiger partial charge in [-0.2, -0.15) is 0 Å². The Morgan fingerprint density at radius 2 is 2.08 bits per heavy atom. The third kappa shape index (κ3) is 3.34. The Kier molecular flexibility index (Phi) is 5.25. The topological polar surface area (TPSA) is 146 Å². The van der Waals surface area contributed by atoms with E-state index in [0.29, 0.717) is 23.5 Å². The van der Waals surface area contributed by atoms with Crippen LogP contribution in [0, 0.1) is 0 Å². The average molecular weight is 351 g/mol. The van der Waals surface area contributed by atoms with Gasteiger partial charge in [-0.3, -0.25) is 4.57 Å². The Balaban J connectivity index is 1.86. The number of nitrogens with zero attached hydrogens (tertiary/aromatic N) is 4. The fraction of sp³-hybridized carbons (Fsp3) is 0.533. The smallest absolute Gasteiger partial charge is 0.167 e. The third-order valence-electron chi connectivity index (χ3n) is 4.12. The lowest BCUT2D eigenvalue weighted by Gasteiger charge is -2.16. The molecule has 0 bridgehead atoms. The van der Waals surface area contributed by atoms with Crippen LogP contribution in [0.15, 0.2) is 24.3 Å². The van der Waals surface area contributed by atoms with Gasteiger partial charge in [0.1, 0.15) is 24.6 Å². The molecule has 136 valence electrons. The number of aromatic nitrogens is 4. The molecule has 3 heterocycles. The van der Waals surface area contributed by atoms with Gasteiger partial charge in [0.2, 0.25) is 0 Å². The van der Waals surface area contributed by atoms with Crippen LogP contribution in [0.2, 0.25) is 0 Å². The summed E-state index contributed by atoms with van der Waals surface area (Å²) in [6, 6.07) is 0. The highest BCUT2D eigenvalue weighted by Crippen LogP contribution is 2.31. The average Bonchev–Trinajstić information content (AvgIpc) is 3.17. The van der Waals surface area contributed by atoms with Crippen molar-refractivity contribution in [3.8, 4) is 0 Å². The molecule has 1 fully saturated rings. The van der Waals surface area contributed by atoms with Gasteiger partial charge in [-0.25, -0.2) is 15.0 Å². The zero-order valence-corrected chi connectivity index (χ0v) is 13.6. The molecular weight excluding hydrogens is 330 g/mol. The molecule has 1 aliphatic heterocycles. The molecule has 0 unspecified atom stereocenters. The third-order valence-corrected chi connectivity index (χ3v) is 4.12. The molecule has 1 aliphatic rings. The molecule has 0 radical (unpaired) electrons. The van der Waals surface area contributed by atoms with Crippen molar-refractivity contribution in [1.29, 1.82) is 0 Å². The molecule has 0 spiro atoms. The Bertz CT molecular complexity index is 764. The van der Waals surface area contributed by atoms with Crippen LogP contribution in [-0.2, 0) is 4.74 Å². The fourth-order valence-corrected chi connectivity index (χ4v) is 2.66. The maximum atomic E-state index is 10.2. The monoisotopic (exact) mass is 351 g/mol. The summed E-state index contributed by atoms with van der Waals surface area (Å²) >= 11 is 0. The molecule has 4 atom stereocenters. The number of fused-ring (bicyclic) bond motifs is 1. The van der Waals surface area contributed by atoms with E-state index < -0.39 is 31.1 Å². The van der Waals surface area contributed by atoms with E-state index >= 15 is 0 Å². The van der Waals surface area contributed by atoms with E-state index in [2.05, 4.69) is 20.3 Å². The summed E-state index contributed by atoms with van der Waals surface area (Å²) in [6.45, 7) is 1.85. The van der Waals surface area contributed by atoms with Crippen molar-refractivity contribution in [3.63, 3.8) is 0 Å². The van der Waals surface area contributed by atoms with Crippen molar-refractivity contribution in [2.24, 2.45) is 0 Å². The highest BCUT2D eigenvalue weighted by Gasteiger charge is 2.44. The predicted molar refractivity (Wildman–Crippen MR) is 87.7 cm³/mol. The Morgan fingerprint density at radius 3 is 2.76 bits per heavy atom. The van der Waals surface area contributed by atoms with Crippen LogP contribution in [0.3, 0.4) is 0 Å². The summed E-state index contributed by atoms with van der Waals surface area (Å²) in [5, 5.41) is 41.4. The largest absolute Gasteiger partial charge is 0.394 e. The second-order valence-electron chi connectivity index (χ2n) is 5.86. The highest BCUT2D eigenvalue weighted by atomic mass is 16.6. The molecule has 0 amide bonds. The van der Waals surface area contributed by atoms with Crippen molar-refractivity contribution in [2.75, 3.05) is 25.1 Å². The number of aliphatic hydroxyl groups excluding tert-OH is 4. The van der Waals surface area contributed by atoms with E-state index in [9.17, 15) is 15.3 Å². The second-order valence-corrected chi connectivity index (χ2v) is 5.86. The first-order chi connectivity index (χ1) is 12.1. The molecule has 3 rings (SSSR count). The molecule has 0 saturated carbocycles. The summed E-state index contributed by atoms with van der Waals surface area (Å²) in [7, 11) is 0. The van der Waals surface area contributed by atoms with E-state index in [1.54, 1.807) is 0 Å². The standard InChI is InChI=1S/C15H21N5O5/c1-8(4-21)2-3-16-13-10-14(18-6-17-13)20(7-19-10)15-12(24)11(23)9(5-22)25-15/h2,6-7,9,11-12,15,21-24H,3-5H2,1H3,(H,16,17,18)/b8-2+/t9-,11+,12+,15+/m1/s1. The molecule has 25 heavy (non-hydrogen) atoms. The Morgan fingerprint density at radius 1 is 1.28 bits per heavy atom. The quantitative estimate of drug-likeness (QED) is 0.404. The molecule has 10 nitrogen and oxygen atoms in total. The van der Waals surface area contributed by atoms with Crippen LogP contribution in [-0.4, -0.2) is 78.0 Å². The molecule has 1 saturated heterocycles. The number of aliphatic hydroxyl groups is 4. The van der Waals surface area contributed by atoms with Crippen LogP contribution >= 0.6 is 0 Å². The first kappa shape index (κ1) is 17.7. The van der Waals surface area contributed by atoms with Crippen LogP contribution < -0.4 is 5.32 Å². The summed E-state index contributed by atoms with van der Waals surface area (Å²) in [5.74, 6) is 0.498. The van der Waals surface area contributed by atoms with Gasteiger partial charge in [0, 0.05) is 6.54 Å². The molecule has 2 aromatic rings. The normalized spacial score (nSPS) is 27.2. The highest BCUT2D eigenvalue weighted by molar-refractivity contribution is 5.82. The fourth-order valence-electron chi connectivity index (χ4n) is 2.66. The van der Waals surface area contributed by atoms with Crippen molar-refractivity contribution in [3.05, 3.63) is 24.3 Å². The zero-order chi connectivity index (χ0) is 18.0. The van der Waals surface area contributed by atoms with E-state index in [4.69, 9.17) is 9.84 Å². The number of hydrogen-bond acceptors (Lipinski definition) is 9. The second kappa shape index (κ2) is 7.42. The minimum atomic E-state index is -1.21. The molecular formula is C15H21N5O5. The summed E-state index contributed by atoms with van der Waals surface area (Å²) in [5.41, 5.74) is 1.74. The van der Waals surface area contributed by atoms with Gasteiger partial charge >= 0.3 is 0 Å². The lowest BCUT2D eigenvalue weighted by atomic mass is 10.1. The number of anilines is 1. The lowest BCUT2D eigenvalue weighted by molar-refractivity contribution is -0.0511.